The number of carbonyl (C=O) groups is 1. The van der Waals surface area contributed by atoms with Crippen molar-refractivity contribution >= 4 is 12.1 Å². The van der Waals surface area contributed by atoms with E-state index in [0.717, 1.165) is 28.2 Å². The first kappa shape index (κ1) is 18.3. The molecule has 8 heteroatoms. The second-order valence-electron chi connectivity index (χ2n) is 6.44. The first-order chi connectivity index (χ1) is 14.1. The molecule has 0 saturated carbocycles. The summed E-state index contributed by atoms with van der Waals surface area (Å²) in [6.45, 7) is 3.91. The van der Waals surface area contributed by atoms with Crippen LogP contribution in [0.5, 0.6) is 0 Å². The van der Waals surface area contributed by atoms with Crippen LogP contribution in [0.15, 0.2) is 66.0 Å². The fraction of sp³-hybridized carbons (Fsp3) is 0.0952. The summed E-state index contributed by atoms with van der Waals surface area (Å²) in [6.07, 6.45) is 4.87. The Labute approximate surface area is 167 Å². The van der Waals surface area contributed by atoms with Gasteiger partial charge in [0.25, 0.3) is 5.91 Å². The highest BCUT2D eigenvalue weighted by atomic mass is 16.2. The van der Waals surface area contributed by atoms with Gasteiger partial charge in [-0.3, -0.25) is 14.9 Å². The molecule has 0 aliphatic heterocycles. The molecule has 3 heterocycles. The third-order valence-corrected chi connectivity index (χ3v) is 4.46. The number of para-hydroxylation sites is 1. The predicted octanol–water partition coefficient (Wildman–Crippen LogP) is 3.04. The number of pyridine rings is 1. The molecule has 0 fully saturated rings. The fourth-order valence-corrected chi connectivity index (χ4v) is 3.08. The quantitative estimate of drug-likeness (QED) is 0.407. The highest BCUT2D eigenvalue weighted by Crippen LogP contribution is 2.27. The van der Waals surface area contributed by atoms with Crippen LogP contribution in [0.2, 0.25) is 0 Å². The number of aromatic nitrogens is 5. The Morgan fingerprint density at radius 2 is 1.90 bits per heavy atom. The second-order valence-corrected chi connectivity index (χ2v) is 6.44. The molecule has 8 nitrogen and oxygen atoms in total. The van der Waals surface area contributed by atoms with Gasteiger partial charge in [0.05, 0.1) is 29.0 Å². The Balaban J connectivity index is 1.54. The van der Waals surface area contributed by atoms with Crippen LogP contribution >= 0.6 is 0 Å². The van der Waals surface area contributed by atoms with Gasteiger partial charge in [0.15, 0.2) is 0 Å². The lowest BCUT2D eigenvalue weighted by Crippen LogP contribution is -2.17. The van der Waals surface area contributed by atoms with Crippen LogP contribution in [0.3, 0.4) is 0 Å². The molecule has 0 spiro atoms. The van der Waals surface area contributed by atoms with Gasteiger partial charge in [-0.2, -0.15) is 15.3 Å². The van der Waals surface area contributed by atoms with Crippen molar-refractivity contribution in [2.75, 3.05) is 0 Å². The lowest BCUT2D eigenvalue weighted by Gasteiger charge is -2.04. The van der Waals surface area contributed by atoms with Crippen LogP contribution in [0.1, 0.15) is 27.4 Å². The molecular weight excluding hydrogens is 366 g/mol. The first-order valence-corrected chi connectivity index (χ1v) is 9.04. The molecule has 0 aliphatic carbocycles. The van der Waals surface area contributed by atoms with Gasteiger partial charge in [-0.1, -0.05) is 18.2 Å². The number of amides is 1. The molecule has 29 heavy (non-hydrogen) atoms. The Hall–Kier alpha value is -4.07. The van der Waals surface area contributed by atoms with E-state index < -0.39 is 0 Å². The minimum absolute atomic E-state index is 0.318. The summed E-state index contributed by atoms with van der Waals surface area (Å²) in [7, 11) is 0. The summed E-state index contributed by atoms with van der Waals surface area (Å²) in [5.74, 6) is -0.375. The molecule has 0 aliphatic rings. The molecule has 144 valence electrons. The van der Waals surface area contributed by atoms with E-state index in [2.05, 4.69) is 30.8 Å². The number of H-pyrrole nitrogens is 1. The molecule has 2 N–H and O–H groups in total. The van der Waals surface area contributed by atoms with Crippen molar-refractivity contribution < 1.29 is 4.79 Å². The van der Waals surface area contributed by atoms with E-state index in [-0.39, 0.29) is 5.91 Å². The van der Waals surface area contributed by atoms with E-state index in [1.54, 1.807) is 36.8 Å². The van der Waals surface area contributed by atoms with Gasteiger partial charge in [-0.15, -0.1) is 0 Å². The van der Waals surface area contributed by atoms with Crippen LogP contribution in [-0.2, 0) is 0 Å². The van der Waals surface area contributed by atoms with Crippen molar-refractivity contribution in [2.24, 2.45) is 5.10 Å². The predicted molar refractivity (Wildman–Crippen MR) is 110 cm³/mol. The van der Waals surface area contributed by atoms with Crippen LogP contribution < -0.4 is 5.43 Å². The summed E-state index contributed by atoms with van der Waals surface area (Å²) in [6, 6.07) is 15.2. The number of carbonyl (C=O) groups excluding carboxylic acids is 1. The van der Waals surface area contributed by atoms with Gasteiger partial charge in [0, 0.05) is 18.0 Å². The van der Waals surface area contributed by atoms with Crippen LogP contribution in [0, 0.1) is 13.8 Å². The molecule has 4 aromatic rings. The van der Waals surface area contributed by atoms with E-state index in [1.807, 2.05) is 48.9 Å². The molecule has 3 aromatic heterocycles. The molecule has 0 bridgehead atoms. The van der Waals surface area contributed by atoms with Gasteiger partial charge in [0.1, 0.15) is 5.69 Å². The number of hydrogen-bond acceptors (Lipinski definition) is 5. The molecule has 1 aromatic carbocycles. The third kappa shape index (κ3) is 3.81. The molecule has 0 radical (unpaired) electrons. The van der Waals surface area contributed by atoms with Crippen LogP contribution in [-0.4, -0.2) is 37.1 Å². The number of aromatic amines is 1. The monoisotopic (exact) mass is 385 g/mol. The van der Waals surface area contributed by atoms with Crippen LogP contribution in [0.25, 0.3) is 16.9 Å². The summed E-state index contributed by atoms with van der Waals surface area (Å²) >= 11 is 0. The zero-order valence-corrected chi connectivity index (χ0v) is 16.0. The van der Waals surface area contributed by atoms with Crippen molar-refractivity contribution in [1.29, 1.82) is 0 Å². The number of nitrogens with zero attached hydrogens (tertiary/aromatic N) is 5. The lowest BCUT2D eigenvalue weighted by atomic mass is 10.1. The first-order valence-electron chi connectivity index (χ1n) is 9.04. The number of rotatable bonds is 5. The Bertz CT molecular complexity index is 1160. The highest BCUT2D eigenvalue weighted by molar-refractivity contribution is 5.94. The average molecular weight is 385 g/mol. The fourth-order valence-electron chi connectivity index (χ4n) is 3.08. The molecule has 0 saturated heterocycles. The number of nitrogens with one attached hydrogen (secondary N) is 2. The minimum Gasteiger partial charge on any atom is -0.272 e. The number of hydrazone groups is 1. The lowest BCUT2D eigenvalue weighted by molar-refractivity contribution is 0.0950. The topological polar surface area (TPSA) is 101 Å². The highest BCUT2D eigenvalue weighted by Gasteiger charge is 2.18. The van der Waals surface area contributed by atoms with Gasteiger partial charge < -0.3 is 0 Å². The van der Waals surface area contributed by atoms with E-state index >= 15 is 0 Å². The maximum absolute atomic E-state index is 12.3. The largest absolute Gasteiger partial charge is 0.289 e. The Kier molecular flexibility index (Phi) is 4.98. The van der Waals surface area contributed by atoms with Crippen LogP contribution in [0.4, 0.5) is 0 Å². The maximum atomic E-state index is 12.3. The normalized spacial score (nSPS) is 11.1. The van der Waals surface area contributed by atoms with E-state index in [9.17, 15) is 4.79 Å². The number of benzene rings is 1. The van der Waals surface area contributed by atoms with Gasteiger partial charge in [-0.25, -0.2) is 10.1 Å². The van der Waals surface area contributed by atoms with Gasteiger partial charge in [-0.05, 0) is 49.7 Å². The third-order valence-electron chi connectivity index (χ3n) is 4.46. The Morgan fingerprint density at radius 3 is 2.66 bits per heavy atom. The zero-order valence-electron chi connectivity index (χ0n) is 16.0. The summed E-state index contributed by atoms with van der Waals surface area (Å²) < 4.78 is 1.87. The summed E-state index contributed by atoms with van der Waals surface area (Å²) in [4.78, 5) is 16.3. The summed E-state index contributed by atoms with van der Waals surface area (Å²) in [5, 5.41) is 15.7. The van der Waals surface area contributed by atoms with E-state index in [0.29, 0.717) is 11.4 Å². The number of aryl methyl sites for hydroxylation is 1. The maximum Gasteiger partial charge on any atom is 0.289 e. The van der Waals surface area contributed by atoms with Crippen molar-refractivity contribution in [2.45, 2.75) is 13.8 Å². The van der Waals surface area contributed by atoms with Crippen molar-refractivity contribution in [1.82, 2.24) is 30.4 Å². The molecule has 0 unspecified atom stereocenters. The van der Waals surface area contributed by atoms with Gasteiger partial charge in [0.2, 0.25) is 0 Å². The second kappa shape index (κ2) is 7.89. The molecule has 4 rings (SSSR count). The molecular formula is C21H19N7O. The van der Waals surface area contributed by atoms with Crippen molar-refractivity contribution in [3.63, 3.8) is 0 Å². The van der Waals surface area contributed by atoms with E-state index in [1.165, 1.54) is 0 Å². The molecule has 0 atom stereocenters. The smallest absolute Gasteiger partial charge is 0.272 e. The van der Waals surface area contributed by atoms with E-state index in [4.69, 9.17) is 0 Å². The summed E-state index contributed by atoms with van der Waals surface area (Å²) in [5.41, 5.74) is 7.95. The number of hydrogen-bond donors (Lipinski definition) is 2. The molecule has 1 amide bonds. The Morgan fingerprint density at radius 1 is 1.14 bits per heavy atom. The standard InChI is InChI=1S/C21H19N7O/c1-14-20(15(2)28(27-14)17-6-4-3-5-7-17)18-12-19(25-24-18)21(29)26-23-13-16-8-10-22-11-9-16/h3-13H,1-2H3,(H,24,25)(H,26,29)/b23-13-. The van der Waals surface area contributed by atoms with Crippen molar-refractivity contribution in [3.05, 3.63) is 83.6 Å². The van der Waals surface area contributed by atoms with Crippen molar-refractivity contribution in [3.8, 4) is 16.9 Å². The SMILES string of the molecule is Cc1nn(-c2ccccc2)c(C)c1-c1cc(C(=O)N/N=C\c2ccncc2)[nH]n1. The van der Waals surface area contributed by atoms with Gasteiger partial charge >= 0.3 is 0 Å². The minimum atomic E-state index is -0.375. The average Bonchev–Trinajstić information content (AvgIpc) is 3.33. The zero-order chi connectivity index (χ0) is 20.2.